The number of aliphatic hydroxyl groups excluding tert-OH is 1. The standard InChI is InChI=1S/C30H54N4O5/c1-7-20(5)22(9-3)13-14-31-27(36)18-32-30(39)34-19-24(35)17-26(34)29(38)25-12-11-15-33(25)28(37)16-23(10-4)21(6)8-2/h20-26,35H,7-19H2,1-6H3,(H,31,36)(H,32,39). The summed E-state index contributed by atoms with van der Waals surface area (Å²) < 4.78 is 0. The molecule has 7 atom stereocenters. The van der Waals surface area contributed by atoms with Crippen LogP contribution in [0.3, 0.4) is 0 Å². The molecule has 0 spiro atoms. The SMILES string of the molecule is CCC(C)C(CC)CCNC(=O)CNC(=O)N1CC(O)CC1C(=O)C1CCCN1C(=O)CC(CC)C(C)CC. The van der Waals surface area contributed by atoms with Crippen LogP contribution in [0.15, 0.2) is 0 Å². The van der Waals surface area contributed by atoms with Crippen LogP contribution in [0.1, 0.15) is 99.3 Å². The lowest BCUT2D eigenvalue weighted by atomic mass is 9.86. The summed E-state index contributed by atoms with van der Waals surface area (Å²) in [6.07, 6.45) is 6.08. The molecule has 0 aliphatic carbocycles. The van der Waals surface area contributed by atoms with Crippen molar-refractivity contribution in [2.24, 2.45) is 23.7 Å². The van der Waals surface area contributed by atoms with Gasteiger partial charge < -0.3 is 25.5 Å². The number of rotatable bonds is 15. The van der Waals surface area contributed by atoms with Gasteiger partial charge in [-0.3, -0.25) is 14.4 Å². The zero-order valence-electron chi connectivity index (χ0n) is 25.2. The number of likely N-dealkylation sites (tertiary alicyclic amines) is 2. The van der Waals surface area contributed by atoms with Gasteiger partial charge in [0, 0.05) is 32.5 Å². The molecule has 4 amide bonds. The Labute approximate surface area is 235 Å². The monoisotopic (exact) mass is 550 g/mol. The molecule has 9 nitrogen and oxygen atoms in total. The van der Waals surface area contributed by atoms with Gasteiger partial charge in [-0.05, 0) is 42.9 Å². The van der Waals surface area contributed by atoms with Gasteiger partial charge in [0.2, 0.25) is 11.8 Å². The Hall–Kier alpha value is -2.16. The summed E-state index contributed by atoms with van der Waals surface area (Å²) >= 11 is 0. The number of hydrogen-bond acceptors (Lipinski definition) is 5. The van der Waals surface area contributed by atoms with E-state index in [1.807, 2.05) is 0 Å². The van der Waals surface area contributed by atoms with Gasteiger partial charge in [0.25, 0.3) is 0 Å². The van der Waals surface area contributed by atoms with Crippen LogP contribution in [0.25, 0.3) is 0 Å². The maximum Gasteiger partial charge on any atom is 0.318 e. The molecule has 0 aromatic heterocycles. The number of nitrogens with zero attached hydrogens (tertiary/aromatic N) is 2. The maximum atomic E-state index is 13.6. The van der Waals surface area contributed by atoms with Gasteiger partial charge in [0.1, 0.15) is 0 Å². The second kappa shape index (κ2) is 16.2. The molecule has 7 unspecified atom stereocenters. The summed E-state index contributed by atoms with van der Waals surface area (Å²) in [4.78, 5) is 55.2. The number of amides is 4. The molecule has 2 aliphatic heterocycles. The van der Waals surface area contributed by atoms with Crippen molar-refractivity contribution in [3.63, 3.8) is 0 Å². The minimum absolute atomic E-state index is 0.00265. The van der Waals surface area contributed by atoms with E-state index in [1.54, 1.807) is 4.90 Å². The van der Waals surface area contributed by atoms with Crippen LogP contribution in [0, 0.1) is 23.7 Å². The summed E-state index contributed by atoms with van der Waals surface area (Å²) in [5.41, 5.74) is 0. The molecule has 9 heteroatoms. The van der Waals surface area contributed by atoms with Crippen molar-refractivity contribution in [2.45, 2.75) is 118 Å². The Morgan fingerprint density at radius 1 is 0.872 bits per heavy atom. The number of nitrogens with one attached hydrogen (secondary N) is 2. The van der Waals surface area contributed by atoms with Crippen LogP contribution in [-0.4, -0.2) is 82.9 Å². The molecule has 2 rings (SSSR count). The molecule has 3 N–H and O–H groups in total. The number of carbonyl (C=O) groups is 4. The summed E-state index contributed by atoms with van der Waals surface area (Å²) in [6, 6.07) is -1.92. The van der Waals surface area contributed by atoms with E-state index in [0.717, 1.165) is 38.5 Å². The number of urea groups is 1. The highest BCUT2D eigenvalue weighted by molar-refractivity contribution is 5.96. The van der Waals surface area contributed by atoms with Gasteiger partial charge in [-0.1, -0.05) is 67.2 Å². The normalized spacial score (nSPS) is 24.2. The fraction of sp³-hybridized carbons (Fsp3) is 0.867. The highest BCUT2D eigenvalue weighted by Crippen LogP contribution is 2.29. The van der Waals surface area contributed by atoms with Crippen LogP contribution in [0.2, 0.25) is 0 Å². The molecule has 0 bridgehead atoms. The summed E-state index contributed by atoms with van der Waals surface area (Å²) in [7, 11) is 0. The Morgan fingerprint density at radius 2 is 1.51 bits per heavy atom. The number of ketones is 1. The molecule has 2 aliphatic rings. The largest absolute Gasteiger partial charge is 0.391 e. The average Bonchev–Trinajstić information content (AvgIpc) is 3.58. The van der Waals surface area contributed by atoms with E-state index < -0.39 is 24.2 Å². The van der Waals surface area contributed by atoms with Gasteiger partial charge in [-0.25, -0.2) is 4.79 Å². The van der Waals surface area contributed by atoms with E-state index in [1.165, 1.54) is 4.90 Å². The number of Topliss-reactive ketones (excluding diaryl/α,β-unsaturated/α-hetero) is 1. The predicted molar refractivity (Wildman–Crippen MR) is 153 cm³/mol. The third-order valence-electron chi connectivity index (χ3n) is 9.39. The zero-order valence-corrected chi connectivity index (χ0v) is 25.2. The van der Waals surface area contributed by atoms with Crippen molar-refractivity contribution >= 4 is 23.6 Å². The molecule has 39 heavy (non-hydrogen) atoms. The molecular formula is C30H54N4O5. The number of aliphatic hydroxyl groups is 1. The van der Waals surface area contributed by atoms with E-state index in [4.69, 9.17) is 0 Å². The zero-order chi connectivity index (χ0) is 29.1. The van der Waals surface area contributed by atoms with Crippen molar-refractivity contribution in [1.82, 2.24) is 20.4 Å². The van der Waals surface area contributed by atoms with Gasteiger partial charge in [0.15, 0.2) is 5.78 Å². The summed E-state index contributed by atoms with van der Waals surface area (Å²) in [5, 5.41) is 15.8. The van der Waals surface area contributed by atoms with E-state index in [2.05, 4.69) is 52.2 Å². The topological polar surface area (TPSA) is 119 Å². The van der Waals surface area contributed by atoms with Crippen molar-refractivity contribution < 1.29 is 24.3 Å². The minimum Gasteiger partial charge on any atom is -0.391 e. The lowest BCUT2D eigenvalue weighted by Crippen LogP contribution is -2.53. The van der Waals surface area contributed by atoms with Crippen molar-refractivity contribution in [1.29, 1.82) is 0 Å². The summed E-state index contributed by atoms with van der Waals surface area (Å²) in [6.45, 7) is 13.9. The van der Waals surface area contributed by atoms with Crippen LogP contribution in [-0.2, 0) is 14.4 Å². The predicted octanol–water partition coefficient (Wildman–Crippen LogP) is 3.73. The van der Waals surface area contributed by atoms with E-state index in [0.29, 0.717) is 43.7 Å². The molecule has 2 saturated heterocycles. The highest BCUT2D eigenvalue weighted by Gasteiger charge is 2.45. The van der Waals surface area contributed by atoms with Crippen molar-refractivity contribution in [3.05, 3.63) is 0 Å². The molecule has 0 saturated carbocycles. The first-order chi connectivity index (χ1) is 18.6. The van der Waals surface area contributed by atoms with Crippen LogP contribution in [0.5, 0.6) is 0 Å². The number of hydrogen-bond donors (Lipinski definition) is 3. The smallest absolute Gasteiger partial charge is 0.318 e. The minimum atomic E-state index is -0.814. The Kier molecular flexibility index (Phi) is 13.7. The number of β-amino-alcohol motifs (C(OH)–C–C–N with tert-alkyl or cyclic N) is 1. The lowest BCUT2D eigenvalue weighted by Gasteiger charge is -2.31. The first-order valence-electron chi connectivity index (χ1n) is 15.4. The summed E-state index contributed by atoms with van der Waals surface area (Å²) in [5.74, 6) is 1.40. The van der Waals surface area contributed by atoms with Gasteiger partial charge in [-0.15, -0.1) is 0 Å². The maximum absolute atomic E-state index is 13.6. The molecule has 0 aromatic carbocycles. The highest BCUT2D eigenvalue weighted by atomic mass is 16.3. The van der Waals surface area contributed by atoms with Crippen molar-refractivity contribution in [3.8, 4) is 0 Å². The second-order valence-electron chi connectivity index (χ2n) is 11.8. The van der Waals surface area contributed by atoms with Crippen molar-refractivity contribution in [2.75, 3.05) is 26.2 Å². The molecule has 0 radical (unpaired) electrons. The fourth-order valence-electron chi connectivity index (χ4n) is 6.26. The average molecular weight is 551 g/mol. The van der Waals surface area contributed by atoms with Gasteiger partial charge in [-0.2, -0.15) is 0 Å². The number of carbonyl (C=O) groups excluding carboxylic acids is 4. The van der Waals surface area contributed by atoms with Gasteiger partial charge >= 0.3 is 6.03 Å². The fourth-order valence-corrected chi connectivity index (χ4v) is 6.26. The van der Waals surface area contributed by atoms with E-state index in [-0.39, 0.29) is 43.0 Å². The first-order valence-corrected chi connectivity index (χ1v) is 15.4. The third kappa shape index (κ3) is 9.19. The Balaban J connectivity index is 1.93. The molecule has 2 heterocycles. The van der Waals surface area contributed by atoms with Crippen LogP contribution in [0.4, 0.5) is 4.79 Å². The second-order valence-corrected chi connectivity index (χ2v) is 11.8. The van der Waals surface area contributed by atoms with Crippen LogP contribution >= 0.6 is 0 Å². The third-order valence-corrected chi connectivity index (χ3v) is 9.39. The van der Waals surface area contributed by atoms with Crippen LogP contribution < -0.4 is 10.6 Å². The Morgan fingerprint density at radius 3 is 2.13 bits per heavy atom. The molecule has 2 fully saturated rings. The Bertz CT molecular complexity index is 821. The molecular weight excluding hydrogens is 496 g/mol. The quantitative estimate of drug-likeness (QED) is 0.287. The van der Waals surface area contributed by atoms with E-state index in [9.17, 15) is 24.3 Å². The molecule has 0 aromatic rings. The van der Waals surface area contributed by atoms with Gasteiger partial charge in [0.05, 0.1) is 24.7 Å². The lowest BCUT2D eigenvalue weighted by molar-refractivity contribution is -0.140. The first kappa shape index (κ1) is 33.0. The molecule has 224 valence electrons. The van der Waals surface area contributed by atoms with E-state index >= 15 is 0 Å².